The molecule has 9 aromatic carbocycles. The molecule has 0 saturated carbocycles. The summed E-state index contributed by atoms with van der Waals surface area (Å²) in [6, 6.07) is 72.5. The SMILES string of the molecule is c1ccc(-n2c3ccccc3c3cc(-c4ccc5c(c4)c4ccccc4n5-c4ccc5c6c7oc8ccccc8c7ccc6n(-c6ccccc6)c5c4)ccc32)cc1. The van der Waals surface area contributed by atoms with Gasteiger partial charge in [-0.3, -0.25) is 0 Å². The lowest BCUT2D eigenvalue weighted by atomic mass is 10.0. The molecule has 58 heavy (non-hydrogen) atoms. The van der Waals surface area contributed by atoms with Gasteiger partial charge in [-0.15, -0.1) is 0 Å². The molecule has 0 spiro atoms. The Hall–Kier alpha value is -7.82. The number of hydrogen-bond donors (Lipinski definition) is 0. The van der Waals surface area contributed by atoms with E-state index in [1.807, 2.05) is 6.07 Å². The van der Waals surface area contributed by atoms with Crippen LogP contribution in [-0.4, -0.2) is 13.7 Å². The van der Waals surface area contributed by atoms with Crippen LogP contribution in [-0.2, 0) is 0 Å². The molecule has 0 radical (unpaired) electrons. The van der Waals surface area contributed by atoms with E-state index >= 15 is 0 Å². The molecule has 0 saturated heterocycles. The van der Waals surface area contributed by atoms with Gasteiger partial charge in [0.25, 0.3) is 0 Å². The van der Waals surface area contributed by atoms with Crippen molar-refractivity contribution in [2.75, 3.05) is 0 Å². The average Bonchev–Trinajstić information content (AvgIpc) is 4.02. The van der Waals surface area contributed by atoms with Crippen LogP contribution in [0.2, 0.25) is 0 Å². The molecule has 0 atom stereocenters. The van der Waals surface area contributed by atoms with Crippen molar-refractivity contribution < 1.29 is 4.42 Å². The quantitative estimate of drug-likeness (QED) is 0.177. The van der Waals surface area contributed by atoms with Crippen molar-refractivity contribution in [2.24, 2.45) is 0 Å². The topological polar surface area (TPSA) is 27.9 Å². The zero-order valence-electron chi connectivity index (χ0n) is 31.3. The van der Waals surface area contributed by atoms with Crippen molar-refractivity contribution in [3.63, 3.8) is 0 Å². The van der Waals surface area contributed by atoms with Crippen molar-refractivity contribution in [3.05, 3.63) is 200 Å². The zero-order chi connectivity index (χ0) is 37.9. The first-order chi connectivity index (χ1) is 28.8. The van der Waals surface area contributed by atoms with Crippen LogP contribution in [0.5, 0.6) is 0 Å². The van der Waals surface area contributed by atoms with Gasteiger partial charge in [0.1, 0.15) is 11.2 Å². The van der Waals surface area contributed by atoms with E-state index < -0.39 is 0 Å². The third-order valence-electron chi connectivity index (χ3n) is 12.2. The Kier molecular flexibility index (Phi) is 6.41. The molecule has 4 heterocycles. The number of rotatable bonds is 4. The lowest BCUT2D eigenvalue weighted by molar-refractivity contribution is 0.673. The first kappa shape index (κ1) is 31.4. The van der Waals surface area contributed by atoms with Crippen molar-refractivity contribution >= 4 is 87.4 Å². The summed E-state index contributed by atoms with van der Waals surface area (Å²) in [7, 11) is 0. The summed E-state index contributed by atoms with van der Waals surface area (Å²) in [5.41, 5.74) is 14.7. The van der Waals surface area contributed by atoms with Gasteiger partial charge >= 0.3 is 0 Å². The first-order valence-electron chi connectivity index (χ1n) is 19.8. The number of para-hydroxylation sites is 5. The van der Waals surface area contributed by atoms with Gasteiger partial charge in [-0.1, -0.05) is 103 Å². The fourth-order valence-electron chi connectivity index (χ4n) is 9.70. The number of benzene rings is 9. The molecule has 4 aromatic heterocycles. The molecule has 0 unspecified atom stereocenters. The second-order valence-electron chi connectivity index (χ2n) is 15.3. The zero-order valence-corrected chi connectivity index (χ0v) is 31.3. The number of furan rings is 1. The molecule has 4 nitrogen and oxygen atoms in total. The molecule has 4 heteroatoms. The van der Waals surface area contributed by atoms with Gasteiger partial charge in [-0.2, -0.15) is 0 Å². The predicted molar refractivity (Wildman–Crippen MR) is 242 cm³/mol. The smallest absolute Gasteiger partial charge is 0.145 e. The Labute approximate surface area is 332 Å². The Morgan fingerprint density at radius 1 is 0.276 bits per heavy atom. The van der Waals surface area contributed by atoms with Crippen LogP contribution >= 0.6 is 0 Å². The summed E-state index contributed by atoms with van der Waals surface area (Å²) < 4.78 is 13.8. The van der Waals surface area contributed by atoms with Gasteiger partial charge in [-0.25, -0.2) is 0 Å². The van der Waals surface area contributed by atoms with Crippen molar-refractivity contribution in [1.82, 2.24) is 13.7 Å². The molecule has 0 aliphatic carbocycles. The third kappa shape index (κ3) is 4.34. The Bertz CT molecular complexity index is 3790. The van der Waals surface area contributed by atoms with Crippen LogP contribution in [0.4, 0.5) is 0 Å². The van der Waals surface area contributed by atoms with Crippen LogP contribution < -0.4 is 0 Å². The molecule has 0 N–H and O–H groups in total. The maximum Gasteiger partial charge on any atom is 0.145 e. The van der Waals surface area contributed by atoms with Gasteiger partial charge in [0.05, 0.1) is 38.5 Å². The molecule has 0 aliphatic heterocycles. The summed E-state index contributed by atoms with van der Waals surface area (Å²) >= 11 is 0. The largest absolute Gasteiger partial charge is 0.455 e. The second-order valence-corrected chi connectivity index (χ2v) is 15.3. The van der Waals surface area contributed by atoms with E-state index in [-0.39, 0.29) is 0 Å². The van der Waals surface area contributed by atoms with E-state index in [1.165, 1.54) is 65.8 Å². The van der Waals surface area contributed by atoms with Gasteiger partial charge < -0.3 is 18.1 Å². The van der Waals surface area contributed by atoms with Gasteiger partial charge in [0, 0.05) is 54.8 Å². The van der Waals surface area contributed by atoms with Gasteiger partial charge in [0.15, 0.2) is 0 Å². The van der Waals surface area contributed by atoms with E-state index in [1.54, 1.807) is 0 Å². The molecule has 0 amide bonds. The Morgan fingerprint density at radius 2 is 0.759 bits per heavy atom. The Morgan fingerprint density at radius 3 is 1.40 bits per heavy atom. The Balaban J connectivity index is 1.02. The highest BCUT2D eigenvalue weighted by Crippen LogP contribution is 2.43. The molecule has 13 aromatic rings. The number of hydrogen-bond acceptors (Lipinski definition) is 1. The maximum absolute atomic E-state index is 6.63. The number of fused-ring (bicyclic) bond motifs is 13. The molecule has 0 bridgehead atoms. The van der Waals surface area contributed by atoms with E-state index in [4.69, 9.17) is 4.42 Å². The normalized spacial score (nSPS) is 12.1. The van der Waals surface area contributed by atoms with E-state index in [9.17, 15) is 0 Å². The summed E-state index contributed by atoms with van der Waals surface area (Å²) in [5.74, 6) is 0. The van der Waals surface area contributed by atoms with Gasteiger partial charge in [0.2, 0.25) is 0 Å². The third-order valence-corrected chi connectivity index (χ3v) is 12.2. The molecular weight excluding hydrogens is 707 g/mol. The maximum atomic E-state index is 6.63. The van der Waals surface area contributed by atoms with Crippen LogP contribution in [0, 0.1) is 0 Å². The van der Waals surface area contributed by atoms with E-state index in [0.29, 0.717) is 0 Å². The van der Waals surface area contributed by atoms with Gasteiger partial charge in [-0.05, 0) is 108 Å². The van der Waals surface area contributed by atoms with E-state index in [0.717, 1.165) is 49.7 Å². The van der Waals surface area contributed by atoms with Crippen LogP contribution in [0.15, 0.2) is 205 Å². The fourth-order valence-corrected chi connectivity index (χ4v) is 9.70. The fraction of sp³-hybridized carbons (Fsp3) is 0. The highest BCUT2D eigenvalue weighted by Gasteiger charge is 2.21. The summed E-state index contributed by atoms with van der Waals surface area (Å²) in [6.45, 7) is 0. The second kappa shape index (κ2) is 11.8. The lowest BCUT2D eigenvalue weighted by Crippen LogP contribution is -1.96. The molecule has 13 rings (SSSR count). The summed E-state index contributed by atoms with van der Waals surface area (Å²) in [6.07, 6.45) is 0. The highest BCUT2D eigenvalue weighted by atomic mass is 16.3. The molecule has 0 aliphatic rings. The summed E-state index contributed by atoms with van der Waals surface area (Å²) in [5, 5.41) is 9.54. The molecule has 0 fully saturated rings. The van der Waals surface area contributed by atoms with Crippen LogP contribution in [0.3, 0.4) is 0 Å². The predicted octanol–water partition coefficient (Wildman–Crippen LogP) is 14.5. The van der Waals surface area contributed by atoms with Crippen molar-refractivity contribution in [2.45, 2.75) is 0 Å². The number of nitrogens with zero attached hydrogens (tertiary/aromatic N) is 3. The molecular formula is C54H33N3O. The number of aromatic nitrogens is 3. The van der Waals surface area contributed by atoms with Crippen LogP contribution in [0.25, 0.3) is 116 Å². The highest BCUT2D eigenvalue weighted by molar-refractivity contribution is 6.24. The minimum Gasteiger partial charge on any atom is -0.455 e. The van der Waals surface area contributed by atoms with Crippen molar-refractivity contribution in [1.29, 1.82) is 0 Å². The average molecular weight is 740 g/mol. The monoisotopic (exact) mass is 739 g/mol. The van der Waals surface area contributed by atoms with E-state index in [2.05, 4.69) is 208 Å². The first-order valence-corrected chi connectivity index (χ1v) is 19.8. The molecule has 270 valence electrons. The lowest BCUT2D eigenvalue weighted by Gasteiger charge is -2.11. The van der Waals surface area contributed by atoms with Crippen molar-refractivity contribution in [3.8, 4) is 28.2 Å². The minimum atomic E-state index is 0.908. The standard InChI is InChI=1S/C54H33N3O/c1-3-13-36(14-4-1)55-46-20-10-7-17-39(46)44-31-34(23-28-48(44)55)35-24-29-49-45(32-35)40-18-8-11-21-47(40)57(49)38-25-26-43-51(33-38)56(37-15-5-2-6-16-37)50-30-27-42-41-19-9-12-22-52(41)58-54(42)53(43)50/h1-33H. The van der Waals surface area contributed by atoms with Crippen LogP contribution in [0.1, 0.15) is 0 Å². The minimum absolute atomic E-state index is 0.908. The summed E-state index contributed by atoms with van der Waals surface area (Å²) in [4.78, 5) is 0.